The van der Waals surface area contributed by atoms with E-state index in [-0.39, 0.29) is 5.91 Å². The van der Waals surface area contributed by atoms with Crippen molar-refractivity contribution in [3.8, 4) is 0 Å². The highest BCUT2D eigenvalue weighted by Gasteiger charge is 2.23. The molecule has 2 nitrogen and oxygen atoms in total. The molecular formula is C19H21NOS. The number of rotatable bonds is 4. The van der Waals surface area contributed by atoms with Gasteiger partial charge in [0.05, 0.1) is 0 Å². The number of anilines is 1. The number of fused-ring (bicyclic) bond motifs is 1. The van der Waals surface area contributed by atoms with Crippen LogP contribution >= 0.6 is 11.8 Å². The first-order valence-electron chi connectivity index (χ1n) is 7.73. The van der Waals surface area contributed by atoms with E-state index >= 15 is 0 Å². The molecule has 0 aromatic heterocycles. The van der Waals surface area contributed by atoms with E-state index in [0.29, 0.717) is 6.42 Å². The third-order valence-corrected chi connectivity index (χ3v) is 5.25. The van der Waals surface area contributed by atoms with Gasteiger partial charge in [-0.3, -0.25) is 4.79 Å². The zero-order chi connectivity index (χ0) is 15.5. The monoisotopic (exact) mass is 311 g/mol. The normalized spacial score (nSPS) is 13.3. The summed E-state index contributed by atoms with van der Waals surface area (Å²) >= 11 is 1.76. The first-order valence-corrected chi connectivity index (χ1v) is 8.72. The maximum absolute atomic E-state index is 12.4. The zero-order valence-electron chi connectivity index (χ0n) is 13.1. The first-order chi connectivity index (χ1) is 10.6. The molecule has 2 aromatic carbocycles. The molecule has 2 aromatic rings. The molecule has 1 aliphatic rings. The SMILES string of the molecule is Cc1ccc(SCCC(=O)N2CCc3ccccc32)cc1C. The molecule has 0 fully saturated rings. The van der Waals surface area contributed by atoms with Crippen LogP contribution in [0.4, 0.5) is 5.69 Å². The van der Waals surface area contributed by atoms with Crippen molar-refractivity contribution in [1.82, 2.24) is 0 Å². The lowest BCUT2D eigenvalue weighted by Crippen LogP contribution is -2.29. The Labute approximate surface area is 136 Å². The number of aryl methyl sites for hydroxylation is 2. The Balaban J connectivity index is 1.56. The van der Waals surface area contributed by atoms with Gasteiger partial charge in [-0.05, 0) is 55.2 Å². The van der Waals surface area contributed by atoms with E-state index in [1.54, 1.807) is 11.8 Å². The molecule has 114 valence electrons. The molecule has 0 unspecified atom stereocenters. The van der Waals surface area contributed by atoms with Crippen LogP contribution in [0.2, 0.25) is 0 Å². The molecule has 3 rings (SSSR count). The largest absolute Gasteiger partial charge is 0.312 e. The number of nitrogens with zero attached hydrogens (tertiary/aromatic N) is 1. The van der Waals surface area contributed by atoms with Crippen LogP contribution in [0.15, 0.2) is 47.4 Å². The second kappa shape index (κ2) is 6.57. The van der Waals surface area contributed by atoms with E-state index in [0.717, 1.165) is 24.4 Å². The summed E-state index contributed by atoms with van der Waals surface area (Å²) in [5.74, 6) is 1.07. The van der Waals surface area contributed by atoms with Crippen LogP contribution in [0.5, 0.6) is 0 Å². The number of amides is 1. The number of thioether (sulfide) groups is 1. The summed E-state index contributed by atoms with van der Waals surface area (Å²) in [4.78, 5) is 15.6. The van der Waals surface area contributed by atoms with Crippen molar-refractivity contribution in [2.45, 2.75) is 31.6 Å². The molecule has 22 heavy (non-hydrogen) atoms. The first kappa shape index (κ1) is 15.2. The molecule has 0 saturated carbocycles. The lowest BCUT2D eigenvalue weighted by molar-refractivity contribution is -0.118. The molecule has 1 amide bonds. The Bertz CT molecular complexity index is 696. The molecule has 1 heterocycles. The Hall–Kier alpha value is -1.74. The Morgan fingerprint density at radius 1 is 1.14 bits per heavy atom. The van der Waals surface area contributed by atoms with E-state index < -0.39 is 0 Å². The van der Waals surface area contributed by atoms with Gasteiger partial charge in [0.25, 0.3) is 0 Å². The summed E-state index contributed by atoms with van der Waals surface area (Å²) < 4.78 is 0. The minimum atomic E-state index is 0.237. The van der Waals surface area contributed by atoms with Crippen molar-refractivity contribution < 1.29 is 4.79 Å². The summed E-state index contributed by atoms with van der Waals surface area (Å²) in [5, 5.41) is 0. The second-order valence-electron chi connectivity index (χ2n) is 5.77. The predicted octanol–water partition coefficient (Wildman–Crippen LogP) is 4.37. The molecular weight excluding hydrogens is 290 g/mol. The van der Waals surface area contributed by atoms with Crippen LogP contribution < -0.4 is 4.90 Å². The maximum Gasteiger partial charge on any atom is 0.227 e. The highest BCUT2D eigenvalue weighted by molar-refractivity contribution is 7.99. The number of para-hydroxylation sites is 1. The molecule has 1 aliphatic heterocycles. The Kier molecular flexibility index (Phi) is 4.53. The average Bonchev–Trinajstić information content (AvgIpc) is 2.95. The average molecular weight is 311 g/mol. The minimum Gasteiger partial charge on any atom is -0.312 e. The fourth-order valence-corrected chi connectivity index (χ4v) is 3.73. The van der Waals surface area contributed by atoms with Crippen molar-refractivity contribution >= 4 is 23.4 Å². The third kappa shape index (κ3) is 3.20. The lowest BCUT2D eigenvalue weighted by Gasteiger charge is -2.17. The van der Waals surface area contributed by atoms with Crippen molar-refractivity contribution in [3.05, 3.63) is 59.2 Å². The predicted molar refractivity (Wildman–Crippen MR) is 93.8 cm³/mol. The molecule has 0 saturated heterocycles. The summed E-state index contributed by atoms with van der Waals surface area (Å²) in [6.07, 6.45) is 1.57. The van der Waals surface area contributed by atoms with Crippen LogP contribution in [-0.2, 0) is 11.2 Å². The summed E-state index contributed by atoms with van der Waals surface area (Å²) in [5.41, 5.74) is 5.01. The lowest BCUT2D eigenvalue weighted by atomic mass is 10.1. The molecule has 0 radical (unpaired) electrons. The van der Waals surface area contributed by atoms with E-state index in [2.05, 4.69) is 44.2 Å². The molecule has 0 N–H and O–H groups in total. The number of benzene rings is 2. The fourth-order valence-electron chi connectivity index (χ4n) is 2.79. The van der Waals surface area contributed by atoms with E-state index in [1.165, 1.54) is 21.6 Å². The van der Waals surface area contributed by atoms with Gasteiger partial charge >= 0.3 is 0 Å². The number of carbonyl (C=O) groups is 1. The summed E-state index contributed by atoms with van der Waals surface area (Å²) in [7, 11) is 0. The Morgan fingerprint density at radius 3 is 2.77 bits per heavy atom. The number of hydrogen-bond donors (Lipinski definition) is 0. The van der Waals surface area contributed by atoms with E-state index in [4.69, 9.17) is 0 Å². The zero-order valence-corrected chi connectivity index (χ0v) is 14.0. The summed E-state index contributed by atoms with van der Waals surface area (Å²) in [6.45, 7) is 5.08. The molecule has 0 atom stereocenters. The van der Waals surface area contributed by atoms with Crippen LogP contribution in [0.25, 0.3) is 0 Å². The Morgan fingerprint density at radius 2 is 1.95 bits per heavy atom. The van der Waals surface area contributed by atoms with Crippen LogP contribution in [0.1, 0.15) is 23.1 Å². The molecule has 3 heteroatoms. The molecule has 0 bridgehead atoms. The van der Waals surface area contributed by atoms with Gasteiger partial charge in [-0.25, -0.2) is 0 Å². The quantitative estimate of drug-likeness (QED) is 0.781. The van der Waals surface area contributed by atoms with Crippen LogP contribution in [-0.4, -0.2) is 18.2 Å². The van der Waals surface area contributed by atoms with Crippen molar-refractivity contribution in [2.24, 2.45) is 0 Å². The summed E-state index contributed by atoms with van der Waals surface area (Å²) in [6, 6.07) is 14.7. The van der Waals surface area contributed by atoms with Crippen LogP contribution in [0, 0.1) is 13.8 Å². The van der Waals surface area contributed by atoms with E-state index in [1.807, 2.05) is 17.0 Å². The minimum absolute atomic E-state index is 0.237. The maximum atomic E-state index is 12.4. The van der Waals surface area contributed by atoms with Crippen molar-refractivity contribution in [3.63, 3.8) is 0 Å². The third-order valence-electron chi connectivity index (χ3n) is 4.25. The fraction of sp³-hybridized carbons (Fsp3) is 0.316. The van der Waals surface area contributed by atoms with Gasteiger partial charge in [-0.2, -0.15) is 0 Å². The van der Waals surface area contributed by atoms with Crippen molar-refractivity contribution in [1.29, 1.82) is 0 Å². The standard InChI is InChI=1S/C19H21NOS/c1-14-7-8-17(13-15(14)2)22-12-10-19(21)20-11-9-16-5-3-4-6-18(16)20/h3-8,13H,9-12H2,1-2H3. The smallest absolute Gasteiger partial charge is 0.227 e. The van der Waals surface area contributed by atoms with Gasteiger partial charge in [-0.15, -0.1) is 11.8 Å². The number of carbonyl (C=O) groups excluding carboxylic acids is 1. The highest BCUT2D eigenvalue weighted by atomic mass is 32.2. The topological polar surface area (TPSA) is 20.3 Å². The van der Waals surface area contributed by atoms with Gasteiger partial charge in [0.2, 0.25) is 5.91 Å². The van der Waals surface area contributed by atoms with Crippen LogP contribution in [0.3, 0.4) is 0 Å². The highest BCUT2D eigenvalue weighted by Crippen LogP contribution is 2.28. The van der Waals surface area contributed by atoms with Gasteiger partial charge in [0.1, 0.15) is 0 Å². The molecule has 0 aliphatic carbocycles. The van der Waals surface area contributed by atoms with Gasteiger partial charge in [0.15, 0.2) is 0 Å². The molecule has 0 spiro atoms. The van der Waals surface area contributed by atoms with Crippen molar-refractivity contribution in [2.75, 3.05) is 17.2 Å². The second-order valence-corrected chi connectivity index (χ2v) is 6.94. The number of hydrogen-bond acceptors (Lipinski definition) is 2. The van der Waals surface area contributed by atoms with Gasteiger partial charge < -0.3 is 4.90 Å². The van der Waals surface area contributed by atoms with E-state index in [9.17, 15) is 4.79 Å². The van der Waals surface area contributed by atoms with Gasteiger partial charge in [0, 0.05) is 29.3 Å². The van der Waals surface area contributed by atoms with Gasteiger partial charge in [-0.1, -0.05) is 24.3 Å².